The van der Waals surface area contributed by atoms with Crippen molar-refractivity contribution in [3.05, 3.63) is 60.2 Å². The summed E-state index contributed by atoms with van der Waals surface area (Å²) in [7, 11) is 0. The minimum absolute atomic E-state index is 0.378. The molecule has 2 aliphatic rings. The van der Waals surface area contributed by atoms with Gasteiger partial charge in [-0.25, -0.2) is 0 Å². The Morgan fingerprint density at radius 1 is 1.13 bits per heavy atom. The highest BCUT2D eigenvalue weighted by molar-refractivity contribution is 8.01. The number of ether oxygens (including phenoxy) is 1. The van der Waals surface area contributed by atoms with Gasteiger partial charge in [-0.05, 0) is 35.7 Å². The van der Waals surface area contributed by atoms with E-state index < -0.39 is 0 Å². The summed E-state index contributed by atoms with van der Waals surface area (Å²) in [6.07, 6.45) is 8.98. The van der Waals surface area contributed by atoms with Gasteiger partial charge in [0.1, 0.15) is 0 Å². The standard InChI is InChI=1S/C18H21N3OS/c1-2-16(9-20-5-1)11-22-17-8-18(23-12-17)13-21(14-18)10-15-3-6-19-7-4-15/h1-7,9,17H,8,10-14H2. The van der Waals surface area contributed by atoms with Crippen molar-refractivity contribution >= 4 is 11.8 Å². The van der Waals surface area contributed by atoms with E-state index in [9.17, 15) is 0 Å². The Hall–Kier alpha value is -1.43. The molecule has 0 aromatic carbocycles. The maximum atomic E-state index is 6.09. The lowest BCUT2D eigenvalue weighted by atomic mass is 9.92. The molecule has 0 N–H and O–H groups in total. The zero-order chi connectivity index (χ0) is 15.5. The van der Waals surface area contributed by atoms with Gasteiger partial charge in [-0.3, -0.25) is 14.9 Å². The van der Waals surface area contributed by atoms with Crippen LogP contribution < -0.4 is 0 Å². The molecule has 1 atom stereocenters. The molecule has 0 radical (unpaired) electrons. The molecule has 5 heteroatoms. The second-order valence-electron chi connectivity index (χ2n) is 6.49. The fourth-order valence-corrected chi connectivity index (χ4v) is 5.06. The Labute approximate surface area is 141 Å². The molecule has 23 heavy (non-hydrogen) atoms. The van der Waals surface area contributed by atoms with Crippen LogP contribution in [0, 0.1) is 0 Å². The lowest BCUT2D eigenvalue weighted by Gasteiger charge is -2.47. The summed E-state index contributed by atoms with van der Waals surface area (Å²) < 4.78 is 6.51. The summed E-state index contributed by atoms with van der Waals surface area (Å²) in [4.78, 5) is 10.7. The maximum absolute atomic E-state index is 6.09. The number of likely N-dealkylation sites (tertiary alicyclic amines) is 1. The van der Waals surface area contributed by atoms with Gasteiger partial charge in [0.05, 0.1) is 12.7 Å². The topological polar surface area (TPSA) is 38.2 Å². The summed E-state index contributed by atoms with van der Waals surface area (Å²) in [6.45, 7) is 4.06. The van der Waals surface area contributed by atoms with E-state index in [1.165, 1.54) is 25.1 Å². The highest BCUT2D eigenvalue weighted by atomic mass is 32.2. The van der Waals surface area contributed by atoms with Crippen LogP contribution in [0.1, 0.15) is 17.5 Å². The van der Waals surface area contributed by atoms with E-state index in [1.807, 2.05) is 24.7 Å². The summed E-state index contributed by atoms with van der Waals surface area (Å²) in [5.74, 6) is 1.11. The van der Waals surface area contributed by atoms with Gasteiger partial charge in [-0.1, -0.05) is 6.07 Å². The molecule has 4 rings (SSSR count). The summed E-state index contributed by atoms with van der Waals surface area (Å²) >= 11 is 2.09. The fraction of sp³-hybridized carbons (Fsp3) is 0.444. The zero-order valence-electron chi connectivity index (χ0n) is 13.1. The molecule has 1 unspecified atom stereocenters. The van der Waals surface area contributed by atoms with Gasteiger partial charge in [-0.15, -0.1) is 11.8 Å². The van der Waals surface area contributed by atoms with E-state index >= 15 is 0 Å². The van der Waals surface area contributed by atoms with Crippen LogP contribution in [0.4, 0.5) is 0 Å². The van der Waals surface area contributed by atoms with Gasteiger partial charge in [-0.2, -0.15) is 0 Å². The number of aromatic nitrogens is 2. The predicted octanol–water partition coefficient (Wildman–Crippen LogP) is 2.75. The average Bonchev–Trinajstić information content (AvgIpc) is 2.99. The second-order valence-corrected chi connectivity index (χ2v) is 7.98. The van der Waals surface area contributed by atoms with Gasteiger partial charge in [0.2, 0.25) is 0 Å². The molecule has 2 fully saturated rings. The highest BCUT2D eigenvalue weighted by Crippen LogP contribution is 2.46. The number of thioether (sulfide) groups is 1. The van der Waals surface area contributed by atoms with Crippen molar-refractivity contribution in [3.63, 3.8) is 0 Å². The first kappa shape index (κ1) is 15.1. The van der Waals surface area contributed by atoms with Crippen molar-refractivity contribution in [1.82, 2.24) is 14.9 Å². The van der Waals surface area contributed by atoms with Crippen molar-refractivity contribution in [2.75, 3.05) is 18.8 Å². The van der Waals surface area contributed by atoms with E-state index in [0.717, 1.165) is 17.9 Å². The third-order valence-corrected chi connectivity index (χ3v) is 6.14. The SMILES string of the molecule is c1cncc(COC2CSC3(C2)CN(Cc2ccncc2)C3)c1. The number of rotatable bonds is 5. The smallest absolute Gasteiger partial charge is 0.0736 e. The first-order chi connectivity index (χ1) is 11.3. The van der Waals surface area contributed by atoms with Crippen molar-refractivity contribution < 1.29 is 4.74 Å². The van der Waals surface area contributed by atoms with E-state index in [0.29, 0.717) is 17.5 Å². The largest absolute Gasteiger partial charge is 0.373 e. The molecule has 2 aromatic heterocycles. The summed E-state index contributed by atoms with van der Waals surface area (Å²) in [6, 6.07) is 8.25. The fourth-order valence-electron chi connectivity index (χ4n) is 3.45. The molecule has 0 saturated carbocycles. The van der Waals surface area contributed by atoms with Crippen LogP contribution in [0.2, 0.25) is 0 Å². The molecule has 4 nitrogen and oxygen atoms in total. The van der Waals surface area contributed by atoms with E-state index in [-0.39, 0.29) is 0 Å². The van der Waals surface area contributed by atoms with Crippen LogP contribution in [0.3, 0.4) is 0 Å². The molecule has 2 aliphatic heterocycles. The van der Waals surface area contributed by atoms with Crippen LogP contribution in [-0.4, -0.2) is 44.6 Å². The Bertz CT molecular complexity index is 631. The van der Waals surface area contributed by atoms with Gasteiger partial charge in [0, 0.05) is 54.9 Å². The molecule has 0 amide bonds. The van der Waals surface area contributed by atoms with Crippen molar-refractivity contribution in [2.45, 2.75) is 30.4 Å². The van der Waals surface area contributed by atoms with Crippen LogP contribution in [0.25, 0.3) is 0 Å². The Kier molecular flexibility index (Phi) is 4.33. The number of nitrogens with zero attached hydrogens (tertiary/aromatic N) is 3. The first-order valence-corrected chi connectivity index (χ1v) is 9.06. The molecular weight excluding hydrogens is 306 g/mol. The Balaban J connectivity index is 1.24. The molecule has 2 aromatic rings. The normalized spacial score (nSPS) is 23.0. The molecule has 120 valence electrons. The van der Waals surface area contributed by atoms with Crippen molar-refractivity contribution in [1.29, 1.82) is 0 Å². The molecule has 0 bridgehead atoms. The molecule has 4 heterocycles. The zero-order valence-corrected chi connectivity index (χ0v) is 13.9. The van der Waals surface area contributed by atoms with E-state index in [1.54, 1.807) is 6.20 Å². The Morgan fingerprint density at radius 3 is 2.78 bits per heavy atom. The lowest BCUT2D eigenvalue weighted by Crippen LogP contribution is -2.58. The monoisotopic (exact) mass is 327 g/mol. The second kappa shape index (κ2) is 6.59. The Morgan fingerprint density at radius 2 is 2.00 bits per heavy atom. The minimum atomic E-state index is 0.378. The molecule has 2 saturated heterocycles. The number of hydrogen-bond donors (Lipinski definition) is 0. The van der Waals surface area contributed by atoms with Crippen LogP contribution in [0.5, 0.6) is 0 Å². The quantitative estimate of drug-likeness (QED) is 0.844. The predicted molar refractivity (Wildman–Crippen MR) is 92.1 cm³/mol. The molecule has 1 spiro atoms. The van der Waals surface area contributed by atoms with E-state index in [4.69, 9.17) is 4.74 Å². The number of pyridine rings is 2. The summed E-state index contributed by atoms with van der Waals surface area (Å²) in [5.41, 5.74) is 2.51. The van der Waals surface area contributed by atoms with Crippen LogP contribution in [0.15, 0.2) is 49.1 Å². The minimum Gasteiger partial charge on any atom is -0.373 e. The highest BCUT2D eigenvalue weighted by Gasteiger charge is 2.49. The van der Waals surface area contributed by atoms with Crippen LogP contribution in [-0.2, 0) is 17.9 Å². The first-order valence-electron chi connectivity index (χ1n) is 8.07. The van der Waals surface area contributed by atoms with Crippen LogP contribution >= 0.6 is 11.8 Å². The summed E-state index contributed by atoms with van der Waals surface area (Å²) in [5, 5.41) is 0. The lowest BCUT2D eigenvalue weighted by molar-refractivity contribution is 0.0263. The third-order valence-electron chi connectivity index (χ3n) is 4.56. The van der Waals surface area contributed by atoms with Gasteiger partial charge in [0.15, 0.2) is 0 Å². The molecule has 0 aliphatic carbocycles. The van der Waals surface area contributed by atoms with Gasteiger partial charge < -0.3 is 4.74 Å². The van der Waals surface area contributed by atoms with Crippen molar-refractivity contribution in [3.8, 4) is 0 Å². The third kappa shape index (κ3) is 3.57. The van der Waals surface area contributed by atoms with Crippen molar-refractivity contribution in [2.24, 2.45) is 0 Å². The average molecular weight is 327 g/mol. The molecular formula is C18H21N3OS. The number of hydrogen-bond acceptors (Lipinski definition) is 5. The van der Waals surface area contributed by atoms with E-state index in [2.05, 4.69) is 44.8 Å². The maximum Gasteiger partial charge on any atom is 0.0736 e. The van der Waals surface area contributed by atoms with Gasteiger partial charge >= 0.3 is 0 Å². The van der Waals surface area contributed by atoms with Gasteiger partial charge in [0.25, 0.3) is 0 Å².